The molecule has 0 aliphatic rings. The number of aryl methyl sites for hydroxylation is 3. The number of pyridine rings is 1. The second-order valence-corrected chi connectivity index (χ2v) is 6.16. The highest BCUT2D eigenvalue weighted by molar-refractivity contribution is 5.24. The predicted octanol–water partition coefficient (Wildman–Crippen LogP) is 2.40. The number of hydrogen-bond donors (Lipinski definition) is 2. The molecule has 0 radical (unpaired) electrons. The van der Waals surface area contributed by atoms with E-state index < -0.39 is 0 Å². The van der Waals surface area contributed by atoms with E-state index in [0.29, 0.717) is 0 Å². The van der Waals surface area contributed by atoms with Crippen LogP contribution in [0.15, 0.2) is 11.0 Å². The summed E-state index contributed by atoms with van der Waals surface area (Å²) in [7, 11) is 2.09. The quantitative estimate of drug-likeness (QED) is 0.861. The first kappa shape index (κ1) is 16.5. The molecule has 0 saturated carbocycles. The lowest BCUT2D eigenvalue weighted by atomic mass is 10.1. The second-order valence-electron chi connectivity index (χ2n) is 6.16. The first-order valence-electron chi connectivity index (χ1n) is 7.77. The second kappa shape index (κ2) is 6.92. The molecule has 0 amide bonds. The third kappa shape index (κ3) is 3.65. The number of aromatic amines is 2. The number of hydrogen-bond acceptors (Lipinski definition) is 3. The van der Waals surface area contributed by atoms with Gasteiger partial charge < -0.3 is 9.88 Å². The van der Waals surface area contributed by atoms with Crippen LogP contribution in [0.1, 0.15) is 40.2 Å². The summed E-state index contributed by atoms with van der Waals surface area (Å²) in [6, 6.07) is 0. The van der Waals surface area contributed by atoms with Crippen LogP contribution in [0.3, 0.4) is 0 Å². The van der Waals surface area contributed by atoms with Gasteiger partial charge in [0, 0.05) is 35.3 Å². The van der Waals surface area contributed by atoms with Gasteiger partial charge in [-0.25, -0.2) is 0 Å². The van der Waals surface area contributed by atoms with Crippen molar-refractivity contribution in [2.24, 2.45) is 0 Å². The third-order valence-corrected chi connectivity index (χ3v) is 4.29. The van der Waals surface area contributed by atoms with Crippen LogP contribution in [0.25, 0.3) is 0 Å². The number of nitrogens with zero attached hydrogens (tertiary/aromatic N) is 2. The van der Waals surface area contributed by atoms with E-state index in [4.69, 9.17) is 0 Å². The number of rotatable bonds is 6. The zero-order valence-electron chi connectivity index (χ0n) is 14.2. The van der Waals surface area contributed by atoms with Gasteiger partial charge in [0.05, 0.1) is 5.69 Å². The van der Waals surface area contributed by atoms with Crippen LogP contribution in [-0.4, -0.2) is 33.7 Å². The first-order valence-corrected chi connectivity index (χ1v) is 7.77. The maximum Gasteiger partial charge on any atom is 0.187 e. The molecule has 0 atom stereocenters. The van der Waals surface area contributed by atoms with E-state index >= 15 is 0 Å². The van der Waals surface area contributed by atoms with Crippen LogP contribution < -0.4 is 5.43 Å². The molecule has 22 heavy (non-hydrogen) atoms. The van der Waals surface area contributed by atoms with Crippen molar-refractivity contribution < 1.29 is 0 Å². The highest BCUT2D eigenvalue weighted by Gasteiger charge is 2.09. The lowest BCUT2D eigenvalue weighted by Gasteiger charge is -2.18. The largest absolute Gasteiger partial charge is 0.363 e. The summed E-state index contributed by atoms with van der Waals surface area (Å²) in [4.78, 5) is 17.5. The van der Waals surface area contributed by atoms with E-state index in [1.807, 2.05) is 20.8 Å². The molecule has 5 heteroatoms. The fourth-order valence-corrected chi connectivity index (χ4v) is 2.78. The van der Waals surface area contributed by atoms with Crippen molar-refractivity contribution in [3.63, 3.8) is 0 Å². The average molecular weight is 302 g/mol. The molecule has 2 rings (SSSR count). The molecule has 0 fully saturated rings. The van der Waals surface area contributed by atoms with Gasteiger partial charge in [0.1, 0.15) is 0 Å². The zero-order valence-corrected chi connectivity index (χ0v) is 14.2. The smallest absolute Gasteiger partial charge is 0.187 e. The minimum absolute atomic E-state index is 0.145. The Balaban J connectivity index is 1.90. The normalized spacial score (nSPS) is 11.4. The van der Waals surface area contributed by atoms with Gasteiger partial charge in [0.2, 0.25) is 0 Å². The molecule has 0 aromatic carbocycles. The van der Waals surface area contributed by atoms with Gasteiger partial charge in [0.25, 0.3) is 0 Å². The Morgan fingerprint density at radius 2 is 1.95 bits per heavy atom. The maximum absolute atomic E-state index is 12.0. The van der Waals surface area contributed by atoms with Gasteiger partial charge in [-0.15, -0.1) is 0 Å². The van der Waals surface area contributed by atoms with E-state index in [0.717, 1.165) is 48.4 Å². The Labute approximate surface area is 131 Å². The summed E-state index contributed by atoms with van der Waals surface area (Å²) in [5.41, 5.74) is 6.34. The zero-order chi connectivity index (χ0) is 16.3. The Hall–Kier alpha value is -1.88. The van der Waals surface area contributed by atoms with E-state index in [1.54, 1.807) is 6.20 Å². The minimum atomic E-state index is 0.145. The van der Waals surface area contributed by atoms with Crippen LogP contribution in [0.4, 0.5) is 0 Å². The Morgan fingerprint density at radius 1 is 1.23 bits per heavy atom. The van der Waals surface area contributed by atoms with Crippen molar-refractivity contribution in [3.05, 3.63) is 50.2 Å². The van der Waals surface area contributed by atoms with Gasteiger partial charge >= 0.3 is 0 Å². The summed E-state index contributed by atoms with van der Waals surface area (Å²) in [5.74, 6) is 0. The molecule has 0 spiro atoms. The molecule has 0 bridgehead atoms. The first-order chi connectivity index (χ1) is 10.4. The highest BCUT2D eigenvalue weighted by Crippen LogP contribution is 2.12. The van der Waals surface area contributed by atoms with Crippen molar-refractivity contribution in [1.82, 2.24) is 20.1 Å². The van der Waals surface area contributed by atoms with Crippen LogP contribution in [0, 0.1) is 27.7 Å². The Kier molecular flexibility index (Phi) is 5.19. The van der Waals surface area contributed by atoms with Gasteiger partial charge in [0.15, 0.2) is 5.43 Å². The number of nitrogens with one attached hydrogen (secondary N) is 2. The fourth-order valence-electron chi connectivity index (χ4n) is 2.78. The molecule has 2 heterocycles. The van der Waals surface area contributed by atoms with Gasteiger partial charge in [-0.2, -0.15) is 5.10 Å². The third-order valence-electron chi connectivity index (χ3n) is 4.29. The molecule has 0 saturated heterocycles. The van der Waals surface area contributed by atoms with Gasteiger partial charge in [-0.3, -0.25) is 9.89 Å². The summed E-state index contributed by atoms with van der Waals surface area (Å²) >= 11 is 0. The summed E-state index contributed by atoms with van der Waals surface area (Å²) in [5, 5.41) is 7.26. The maximum atomic E-state index is 12.0. The minimum Gasteiger partial charge on any atom is -0.363 e. The monoisotopic (exact) mass is 302 g/mol. The van der Waals surface area contributed by atoms with Crippen LogP contribution in [0.2, 0.25) is 0 Å². The van der Waals surface area contributed by atoms with E-state index in [-0.39, 0.29) is 5.43 Å². The molecule has 2 N–H and O–H groups in total. The van der Waals surface area contributed by atoms with E-state index in [9.17, 15) is 4.79 Å². The van der Waals surface area contributed by atoms with Crippen molar-refractivity contribution in [2.45, 2.75) is 47.1 Å². The van der Waals surface area contributed by atoms with Crippen molar-refractivity contribution in [3.8, 4) is 0 Å². The van der Waals surface area contributed by atoms with Crippen molar-refractivity contribution in [2.75, 3.05) is 13.6 Å². The molecule has 0 unspecified atom stereocenters. The molecule has 5 nitrogen and oxygen atoms in total. The van der Waals surface area contributed by atoms with E-state index in [1.165, 1.54) is 11.3 Å². The van der Waals surface area contributed by atoms with Crippen molar-refractivity contribution >= 4 is 0 Å². The average Bonchev–Trinajstić information content (AvgIpc) is 2.80. The van der Waals surface area contributed by atoms with Crippen LogP contribution >= 0.6 is 0 Å². The summed E-state index contributed by atoms with van der Waals surface area (Å²) in [6.45, 7) is 9.61. The van der Waals surface area contributed by atoms with E-state index in [2.05, 4.69) is 34.1 Å². The SMILES string of the molecule is Cc1n[nH]c(C)c1CCCN(C)Cc1[nH]cc(C)c(=O)c1C. The molecule has 0 aliphatic heterocycles. The molecule has 120 valence electrons. The standard InChI is InChI=1S/C17H26N4O/c1-11-9-18-16(12(2)17(11)22)10-21(5)8-6-7-15-13(3)19-20-14(15)4/h9H,6-8,10H2,1-5H3,(H,18,22)(H,19,20). The van der Waals surface area contributed by atoms with Crippen LogP contribution in [0.5, 0.6) is 0 Å². The molecule has 2 aromatic heterocycles. The lowest BCUT2D eigenvalue weighted by Crippen LogP contribution is -2.23. The number of aromatic nitrogens is 3. The van der Waals surface area contributed by atoms with Gasteiger partial charge in [-0.1, -0.05) is 0 Å². The number of H-pyrrole nitrogens is 2. The topological polar surface area (TPSA) is 64.8 Å². The summed E-state index contributed by atoms with van der Waals surface area (Å²) < 4.78 is 0. The fraction of sp³-hybridized carbons (Fsp3) is 0.529. The Morgan fingerprint density at radius 3 is 2.59 bits per heavy atom. The predicted molar refractivity (Wildman–Crippen MR) is 89.3 cm³/mol. The molecule has 2 aromatic rings. The Bertz CT molecular complexity index is 680. The summed E-state index contributed by atoms with van der Waals surface area (Å²) in [6.07, 6.45) is 3.91. The lowest BCUT2D eigenvalue weighted by molar-refractivity contribution is 0.317. The van der Waals surface area contributed by atoms with Crippen molar-refractivity contribution in [1.29, 1.82) is 0 Å². The van der Waals surface area contributed by atoms with Crippen LogP contribution in [-0.2, 0) is 13.0 Å². The molecular formula is C17H26N4O. The molecular weight excluding hydrogens is 276 g/mol. The highest BCUT2D eigenvalue weighted by atomic mass is 16.1. The van der Waals surface area contributed by atoms with Gasteiger partial charge in [-0.05, 0) is 59.7 Å². The molecule has 0 aliphatic carbocycles.